The van der Waals surface area contributed by atoms with Gasteiger partial charge in [0.1, 0.15) is 5.75 Å². The van der Waals surface area contributed by atoms with Crippen LogP contribution in [0, 0.1) is 13.8 Å². The molecule has 6 heteroatoms. The Kier molecular flexibility index (Phi) is 4.38. The zero-order valence-electron chi connectivity index (χ0n) is 14.7. The molecule has 0 radical (unpaired) electrons. The number of aryl methyl sites for hydroxylation is 2. The number of ether oxygens (including phenoxy) is 1. The molecule has 126 valence electrons. The molecule has 0 N–H and O–H groups in total. The van der Waals surface area contributed by atoms with E-state index in [1.54, 1.807) is 7.11 Å². The normalized spacial score (nSPS) is 12.4. The van der Waals surface area contributed by atoms with Crippen LogP contribution in [0.3, 0.4) is 0 Å². The zero-order valence-corrected chi connectivity index (χ0v) is 14.7. The van der Waals surface area contributed by atoms with Gasteiger partial charge in [0.25, 0.3) is 0 Å². The summed E-state index contributed by atoms with van der Waals surface area (Å²) in [5, 5.41) is 8.57. The van der Waals surface area contributed by atoms with Gasteiger partial charge in [-0.3, -0.25) is 4.68 Å². The molecular weight excluding hydrogens is 304 g/mol. The van der Waals surface area contributed by atoms with Crippen molar-refractivity contribution in [1.29, 1.82) is 0 Å². The topological polar surface area (TPSA) is 66.0 Å². The van der Waals surface area contributed by atoms with Crippen LogP contribution in [0.5, 0.6) is 5.75 Å². The maximum atomic E-state index is 5.48. The van der Waals surface area contributed by atoms with E-state index in [1.165, 1.54) is 11.3 Å². The summed E-state index contributed by atoms with van der Waals surface area (Å²) in [7, 11) is 3.61. The lowest BCUT2D eigenvalue weighted by molar-refractivity contribution is 0.358. The van der Waals surface area contributed by atoms with Crippen molar-refractivity contribution in [2.75, 3.05) is 7.11 Å². The van der Waals surface area contributed by atoms with Crippen molar-refractivity contribution in [3.63, 3.8) is 0 Å². The first kappa shape index (κ1) is 16.2. The van der Waals surface area contributed by atoms with E-state index in [-0.39, 0.29) is 5.92 Å². The highest BCUT2D eigenvalue weighted by atomic mass is 16.5. The molecule has 0 aliphatic heterocycles. The van der Waals surface area contributed by atoms with E-state index < -0.39 is 0 Å². The quantitative estimate of drug-likeness (QED) is 0.718. The van der Waals surface area contributed by atoms with Crippen LogP contribution in [0.25, 0.3) is 11.4 Å². The first-order chi connectivity index (χ1) is 11.5. The molecule has 0 fully saturated rings. The minimum atomic E-state index is 0.131. The van der Waals surface area contributed by atoms with E-state index in [1.807, 2.05) is 42.9 Å². The predicted molar refractivity (Wildman–Crippen MR) is 91.1 cm³/mol. The molecule has 0 bridgehead atoms. The summed E-state index contributed by atoms with van der Waals surface area (Å²) in [5.74, 6) is 2.17. The summed E-state index contributed by atoms with van der Waals surface area (Å²) in [6.07, 6.45) is 0.829. The molecule has 24 heavy (non-hydrogen) atoms. The average molecular weight is 326 g/mol. The van der Waals surface area contributed by atoms with Crippen molar-refractivity contribution < 1.29 is 9.26 Å². The van der Waals surface area contributed by atoms with Crippen LogP contribution >= 0.6 is 0 Å². The second-order valence-electron chi connectivity index (χ2n) is 6.06. The van der Waals surface area contributed by atoms with Gasteiger partial charge in [-0.2, -0.15) is 10.1 Å². The van der Waals surface area contributed by atoms with Gasteiger partial charge in [-0.15, -0.1) is 0 Å². The van der Waals surface area contributed by atoms with Crippen molar-refractivity contribution in [1.82, 2.24) is 19.9 Å². The van der Waals surface area contributed by atoms with Crippen LogP contribution in [-0.4, -0.2) is 27.0 Å². The Balaban J connectivity index is 1.79. The van der Waals surface area contributed by atoms with Crippen LogP contribution in [0.15, 0.2) is 28.8 Å². The molecule has 2 aromatic heterocycles. The van der Waals surface area contributed by atoms with Gasteiger partial charge in [-0.05, 0) is 50.1 Å². The highest BCUT2D eigenvalue weighted by Crippen LogP contribution is 2.26. The zero-order chi connectivity index (χ0) is 17.3. The molecule has 0 saturated heterocycles. The van der Waals surface area contributed by atoms with Gasteiger partial charge in [0.15, 0.2) is 0 Å². The standard InChI is InChI=1S/C18H22N4O2/c1-11(10-16-12(2)20-22(4)13(16)3)18-19-17(21-24-18)14-6-8-15(23-5)9-7-14/h6-9,11H,10H2,1-5H3. The van der Waals surface area contributed by atoms with Gasteiger partial charge in [0, 0.05) is 24.2 Å². The van der Waals surface area contributed by atoms with E-state index in [2.05, 4.69) is 29.1 Å². The molecule has 0 spiro atoms. The first-order valence-corrected chi connectivity index (χ1v) is 7.96. The van der Waals surface area contributed by atoms with E-state index >= 15 is 0 Å². The van der Waals surface area contributed by atoms with Crippen molar-refractivity contribution >= 4 is 0 Å². The molecule has 1 aromatic carbocycles. The summed E-state index contributed by atoms with van der Waals surface area (Å²) in [6, 6.07) is 7.62. The Morgan fingerprint density at radius 2 is 1.92 bits per heavy atom. The smallest absolute Gasteiger partial charge is 0.230 e. The maximum Gasteiger partial charge on any atom is 0.230 e. The summed E-state index contributed by atoms with van der Waals surface area (Å²) in [6.45, 7) is 6.21. The molecule has 6 nitrogen and oxygen atoms in total. The molecule has 1 atom stereocenters. The molecule has 0 aliphatic carbocycles. The maximum absolute atomic E-state index is 5.48. The number of methoxy groups -OCH3 is 1. The van der Waals surface area contributed by atoms with E-state index in [0.29, 0.717) is 11.7 Å². The van der Waals surface area contributed by atoms with Crippen molar-refractivity contribution in [2.24, 2.45) is 7.05 Å². The Hall–Kier alpha value is -2.63. The molecule has 3 rings (SSSR count). The third-order valence-corrected chi connectivity index (χ3v) is 4.38. The molecule has 0 aliphatic rings. The van der Waals surface area contributed by atoms with Crippen LogP contribution in [0.1, 0.15) is 35.7 Å². The number of aromatic nitrogens is 4. The van der Waals surface area contributed by atoms with Crippen LogP contribution < -0.4 is 4.74 Å². The molecule has 0 amide bonds. The number of nitrogens with zero attached hydrogens (tertiary/aromatic N) is 4. The molecular formula is C18H22N4O2. The lowest BCUT2D eigenvalue weighted by atomic mass is 9.99. The fourth-order valence-electron chi connectivity index (χ4n) is 2.80. The lowest BCUT2D eigenvalue weighted by Gasteiger charge is -2.07. The van der Waals surface area contributed by atoms with Crippen LogP contribution in [0.2, 0.25) is 0 Å². The Morgan fingerprint density at radius 1 is 1.21 bits per heavy atom. The Morgan fingerprint density at radius 3 is 2.50 bits per heavy atom. The molecule has 0 saturated carbocycles. The van der Waals surface area contributed by atoms with Gasteiger partial charge >= 0.3 is 0 Å². The van der Waals surface area contributed by atoms with Crippen molar-refractivity contribution in [3.05, 3.63) is 47.1 Å². The summed E-state index contributed by atoms with van der Waals surface area (Å²) >= 11 is 0. The van der Waals surface area contributed by atoms with Crippen molar-refractivity contribution in [3.8, 4) is 17.1 Å². The monoisotopic (exact) mass is 326 g/mol. The highest BCUT2D eigenvalue weighted by Gasteiger charge is 2.19. The second-order valence-corrected chi connectivity index (χ2v) is 6.06. The summed E-state index contributed by atoms with van der Waals surface area (Å²) in [4.78, 5) is 4.55. The molecule has 1 unspecified atom stereocenters. The first-order valence-electron chi connectivity index (χ1n) is 7.96. The fraction of sp³-hybridized carbons (Fsp3) is 0.389. The van der Waals surface area contributed by atoms with E-state index in [0.717, 1.165) is 23.4 Å². The highest BCUT2D eigenvalue weighted by molar-refractivity contribution is 5.55. The largest absolute Gasteiger partial charge is 0.497 e. The van der Waals surface area contributed by atoms with Crippen molar-refractivity contribution in [2.45, 2.75) is 33.1 Å². The van der Waals surface area contributed by atoms with Crippen LogP contribution in [0.4, 0.5) is 0 Å². The van der Waals surface area contributed by atoms with E-state index in [9.17, 15) is 0 Å². The number of hydrogen-bond acceptors (Lipinski definition) is 5. The molecule has 3 aromatic rings. The van der Waals surface area contributed by atoms with Gasteiger partial charge in [-0.1, -0.05) is 12.1 Å². The number of hydrogen-bond donors (Lipinski definition) is 0. The Labute approximate surface area is 141 Å². The van der Waals surface area contributed by atoms with E-state index in [4.69, 9.17) is 9.26 Å². The average Bonchev–Trinajstić information content (AvgIpc) is 3.16. The van der Waals surface area contributed by atoms with Gasteiger partial charge < -0.3 is 9.26 Å². The SMILES string of the molecule is COc1ccc(-c2noc(C(C)Cc3c(C)nn(C)c3C)n2)cc1. The minimum absolute atomic E-state index is 0.131. The lowest BCUT2D eigenvalue weighted by Crippen LogP contribution is -2.01. The second kappa shape index (κ2) is 6.47. The molecule has 2 heterocycles. The Bertz CT molecular complexity index is 833. The summed E-state index contributed by atoms with van der Waals surface area (Å²) in [5.41, 5.74) is 4.38. The summed E-state index contributed by atoms with van der Waals surface area (Å²) < 4.78 is 12.6. The third-order valence-electron chi connectivity index (χ3n) is 4.38. The van der Waals surface area contributed by atoms with Gasteiger partial charge in [-0.25, -0.2) is 0 Å². The minimum Gasteiger partial charge on any atom is -0.497 e. The van der Waals surface area contributed by atoms with Gasteiger partial charge in [0.05, 0.1) is 12.8 Å². The number of benzene rings is 1. The predicted octanol–water partition coefficient (Wildman–Crippen LogP) is 3.44. The fourth-order valence-corrected chi connectivity index (χ4v) is 2.80. The van der Waals surface area contributed by atoms with Gasteiger partial charge in [0.2, 0.25) is 11.7 Å². The van der Waals surface area contributed by atoms with Crippen LogP contribution in [-0.2, 0) is 13.5 Å². The number of rotatable bonds is 5. The third kappa shape index (κ3) is 3.04.